The van der Waals surface area contributed by atoms with Crippen LogP contribution in [0.2, 0.25) is 0 Å². The fourth-order valence-corrected chi connectivity index (χ4v) is 5.10. The molecule has 1 heterocycles. The van der Waals surface area contributed by atoms with E-state index in [4.69, 9.17) is 19.0 Å². The van der Waals surface area contributed by atoms with Crippen LogP contribution in [0.4, 0.5) is 11.4 Å². The Hall–Kier alpha value is -4.52. The Kier molecular flexibility index (Phi) is 10.7. The Labute approximate surface area is 250 Å². The number of rotatable bonds is 14. The molecule has 43 heavy (non-hydrogen) atoms. The molecule has 0 aromatic heterocycles. The second-order valence-corrected chi connectivity index (χ2v) is 11.2. The van der Waals surface area contributed by atoms with Gasteiger partial charge in [0.1, 0.15) is 12.3 Å². The molecule has 0 unspecified atom stereocenters. The van der Waals surface area contributed by atoms with Crippen molar-refractivity contribution in [3.05, 3.63) is 95.1 Å². The van der Waals surface area contributed by atoms with Gasteiger partial charge in [-0.2, -0.15) is 0 Å². The van der Waals surface area contributed by atoms with E-state index in [1.807, 2.05) is 50.2 Å². The number of carbonyl (C=O) groups is 2. The number of nitrogens with zero attached hydrogens (tertiary/aromatic N) is 2. The second-order valence-electron chi connectivity index (χ2n) is 9.52. The van der Waals surface area contributed by atoms with Crippen molar-refractivity contribution in [2.24, 2.45) is 5.16 Å². The molecule has 4 rings (SSSR count). The van der Waals surface area contributed by atoms with Crippen LogP contribution in [-0.2, 0) is 33.9 Å². The van der Waals surface area contributed by atoms with Crippen LogP contribution in [0.1, 0.15) is 28.4 Å². The molecule has 226 valence electrons. The second kappa shape index (κ2) is 14.6. The monoisotopic (exact) mass is 607 g/mol. The first kappa shape index (κ1) is 31.4. The van der Waals surface area contributed by atoms with Crippen LogP contribution in [0.25, 0.3) is 6.08 Å². The molecule has 1 aliphatic rings. The molecule has 3 aromatic carbocycles. The first-order valence-corrected chi connectivity index (χ1v) is 15.0. The topological polar surface area (TPSA) is 133 Å². The zero-order valence-corrected chi connectivity index (χ0v) is 24.9. The highest BCUT2D eigenvalue weighted by Crippen LogP contribution is 2.24. The standard InChI is InChI=1S/C31H33N3O8S/c1-4-39-16-17-40-18-19-41-30(35)24-6-5-7-27(21-24)43(37,38)33-25-12-10-23(11-13-25)29-28(31(36)42-32-29)20-22-8-14-26(15-9-22)34(2)3/h5-15,20-21,33H,4,16-19H2,1-3H3. The largest absolute Gasteiger partial charge is 0.460 e. The van der Waals surface area contributed by atoms with Gasteiger partial charge in [-0.25, -0.2) is 18.0 Å². The van der Waals surface area contributed by atoms with Crippen LogP contribution >= 0.6 is 0 Å². The first-order chi connectivity index (χ1) is 20.7. The lowest BCUT2D eigenvalue weighted by Crippen LogP contribution is -2.15. The van der Waals surface area contributed by atoms with Crippen molar-refractivity contribution in [1.29, 1.82) is 0 Å². The summed E-state index contributed by atoms with van der Waals surface area (Å²) in [5, 5.41) is 3.93. The highest BCUT2D eigenvalue weighted by molar-refractivity contribution is 7.92. The maximum absolute atomic E-state index is 13.1. The van der Waals surface area contributed by atoms with E-state index in [1.54, 1.807) is 30.3 Å². The van der Waals surface area contributed by atoms with E-state index in [0.29, 0.717) is 31.1 Å². The van der Waals surface area contributed by atoms with Crippen LogP contribution in [-0.4, -0.2) is 73.2 Å². The Morgan fingerprint density at radius 3 is 2.35 bits per heavy atom. The SMILES string of the molecule is CCOCCOCCOC(=O)c1cccc(S(=O)(=O)Nc2ccc(C3=NOC(=O)C3=Cc3ccc(N(C)C)cc3)cc2)c1. The van der Waals surface area contributed by atoms with E-state index >= 15 is 0 Å². The number of sulfonamides is 1. The number of hydrogen-bond acceptors (Lipinski definition) is 10. The molecule has 0 radical (unpaired) electrons. The summed E-state index contributed by atoms with van der Waals surface area (Å²) in [6, 6.07) is 19.6. The Balaban J connectivity index is 1.40. The molecule has 12 heteroatoms. The minimum atomic E-state index is -4.03. The van der Waals surface area contributed by atoms with Crippen LogP contribution in [0.15, 0.2) is 88.4 Å². The molecule has 0 saturated carbocycles. The summed E-state index contributed by atoms with van der Waals surface area (Å²) < 4.78 is 44.3. The zero-order chi connectivity index (χ0) is 30.8. The van der Waals surface area contributed by atoms with Gasteiger partial charge in [-0.05, 0) is 61.0 Å². The van der Waals surface area contributed by atoms with Crippen LogP contribution in [0.3, 0.4) is 0 Å². The van der Waals surface area contributed by atoms with Crippen LogP contribution in [0.5, 0.6) is 0 Å². The quantitative estimate of drug-likeness (QED) is 0.124. The summed E-state index contributed by atoms with van der Waals surface area (Å²) in [5.41, 5.74) is 3.37. The summed E-state index contributed by atoms with van der Waals surface area (Å²) in [5.74, 6) is -1.25. The third-order valence-electron chi connectivity index (χ3n) is 6.24. The normalized spacial score (nSPS) is 13.9. The van der Waals surface area contributed by atoms with Crippen LogP contribution < -0.4 is 9.62 Å². The average Bonchev–Trinajstić information content (AvgIpc) is 3.36. The zero-order valence-electron chi connectivity index (χ0n) is 24.1. The average molecular weight is 608 g/mol. The van der Waals surface area contributed by atoms with Crippen molar-refractivity contribution in [3.63, 3.8) is 0 Å². The molecule has 0 atom stereocenters. The number of esters is 1. The van der Waals surface area contributed by atoms with Crippen molar-refractivity contribution in [2.75, 3.05) is 56.8 Å². The van der Waals surface area contributed by atoms with Gasteiger partial charge in [0.25, 0.3) is 10.0 Å². The van der Waals surface area contributed by atoms with Gasteiger partial charge in [-0.3, -0.25) is 4.72 Å². The minimum Gasteiger partial charge on any atom is -0.460 e. The molecule has 0 fully saturated rings. The molecule has 1 aliphatic heterocycles. The van der Waals surface area contributed by atoms with Crippen LogP contribution in [0, 0.1) is 0 Å². The lowest BCUT2D eigenvalue weighted by Gasteiger charge is -2.12. The molecule has 0 saturated heterocycles. The number of carbonyl (C=O) groups excluding carboxylic acids is 2. The maximum Gasteiger partial charge on any atom is 0.368 e. The fraction of sp³-hybridized carbons (Fsp3) is 0.258. The number of oxime groups is 1. The van der Waals surface area contributed by atoms with E-state index in [1.165, 1.54) is 24.3 Å². The molecule has 0 amide bonds. The Morgan fingerprint density at radius 2 is 1.65 bits per heavy atom. The van der Waals surface area contributed by atoms with Gasteiger partial charge in [0.2, 0.25) is 0 Å². The summed E-state index contributed by atoms with van der Waals surface area (Å²) in [4.78, 5) is 31.6. The van der Waals surface area contributed by atoms with E-state index in [9.17, 15) is 18.0 Å². The van der Waals surface area contributed by atoms with E-state index in [0.717, 1.165) is 11.3 Å². The van der Waals surface area contributed by atoms with E-state index in [2.05, 4.69) is 9.88 Å². The molecule has 0 aliphatic carbocycles. The predicted molar refractivity (Wildman–Crippen MR) is 163 cm³/mol. The lowest BCUT2D eigenvalue weighted by molar-refractivity contribution is -0.136. The summed E-state index contributed by atoms with van der Waals surface area (Å²) >= 11 is 0. The van der Waals surface area contributed by atoms with Crippen molar-refractivity contribution in [2.45, 2.75) is 11.8 Å². The van der Waals surface area contributed by atoms with Gasteiger partial charge in [0.05, 0.1) is 35.9 Å². The van der Waals surface area contributed by atoms with Gasteiger partial charge < -0.3 is 23.9 Å². The number of hydrogen-bond donors (Lipinski definition) is 1. The third-order valence-corrected chi connectivity index (χ3v) is 7.62. The summed E-state index contributed by atoms with van der Waals surface area (Å²) in [7, 11) is -0.150. The van der Waals surface area contributed by atoms with Gasteiger partial charge in [0, 0.05) is 37.6 Å². The van der Waals surface area contributed by atoms with Gasteiger partial charge >= 0.3 is 11.9 Å². The number of ether oxygens (including phenoxy) is 3. The van der Waals surface area contributed by atoms with Gasteiger partial charge in [-0.1, -0.05) is 35.5 Å². The Bertz CT molecular complexity index is 1600. The van der Waals surface area contributed by atoms with Gasteiger partial charge in [-0.15, -0.1) is 0 Å². The molecular formula is C31H33N3O8S. The van der Waals surface area contributed by atoms with Crippen molar-refractivity contribution in [3.8, 4) is 0 Å². The first-order valence-electron chi connectivity index (χ1n) is 13.5. The highest BCUT2D eigenvalue weighted by Gasteiger charge is 2.27. The number of nitrogens with one attached hydrogen (secondary N) is 1. The smallest absolute Gasteiger partial charge is 0.368 e. The number of benzene rings is 3. The molecular weight excluding hydrogens is 574 g/mol. The van der Waals surface area contributed by atoms with Crippen molar-refractivity contribution < 1.29 is 37.1 Å². The fourth-order valence-electron chi connectivity index (χ4n) is 3.99. The summed E-state index contributed by atoms with van der Waals surface area (Å²) in [6.07, 6.45) is 1.69. The molecule has 3 aromatic rings. The third kappa shape index (κ3) is 8.51. The van der Waals surface area contributed by atoms with Crippen molar-refractivity contribution >= 4 is 45.1 Å². The summed E-state index contributed by atoms with van der Waals surface area (Å²) in [6.45, 7) is 3.53. The minimum absolute atomic E-state index is 0.0219. The number of anilines is 2. The highest BCUT2D eigenvalue weighted by atomic mass is 32.2. The van der Waals surface area contributed by atoms with E-state index < -0.39 is 22.0 Å². The van der Waals surface area contributed by atoms with Gasteiger partial charge in [0.15, 0.2) is 0 Å². The molecule has 1 N–H and O–H groups in total. The predicted octanol–water partition coefficient (Wildman–Crippen LogP) is 4.11. The maximum atomic E-state index is 13.1. The molecule has 11 nitrogen and oxygen atoms in total. The van der Waals surface area contributed by atoms with Crippen molar-refractivity contribution in [1.82, 2.24) is 0 Å². The Morgan fingerprint density at radius 1 is 0.953 bits per heavy atom. The molecule has 0 spiro atoms. The molecule has 0 bridgehead atoms. The van der Waals surface area contributed by atoms with E-state index in [-0.39, 0.29) is 34.9 Å². The lowest BCUT2D eigenvalue weighted by atomic mass is 10.0.